The second kappa shape index (κ2) is 6.75. The molecule has 6 nitrogen and oxygen atoms in total. The van der Waals surface area contributed by atoms with Crippen LogP contribution in [-0.4, -0.2) is 52.6 Å². The van der Waals surface area contributed by atoms with E-state index in [1.54, 1.807) is 0 Å². The molecule has 1 atom stereocenters. The topological polar surface area (TPSA) is 59.4 Å². The zero-order valence-electron chi connectivity index (χ0n) is 15.3. The SMILES string of the molecule is Cc1c(C2CCNC2)cnn1C1CCN(C(=O)OC(C)(C)C)CC1. The predicted octanol–water partition coefficient (Wildman–Crippen LogP) is 2.84. The lowest BCUT2D eigenvalue weighted by Gasteiger charge is -2.34. The molecule has 3 rings (SSSR count). The highest BCUT2D eigenvalue weighted by Gasteiger charge is 2.29. The quantitative estimate of drug-likeness (QED) is 0.903. The van der Waals surface area contributed by atoms with Crippen LogP contribution in [0.4, 0.5) is 4.79 Å². The van der Waals surface area contributed by atoms with Gasteiger partial charge in [-0.3, -0.25) is 4.68 Å². The monoisotopic (exact) mass is 334 g/mol. The van der Waals surface area contributed by atoms with Gasteiger partial charge in [-0.25, -0.2) is 4.79 Å². The molecule has 0 aromatic carbocycles. The summed E-state index contributed by atoms with van der Waals surface area (Å²) in [6.45, 7) is 11.5. The van der Waals surface area contributed by atoms with E-state index in [0.717, 1.165) is 39.0 Å². The first kappa shape index (κ1) is 17.3. The maximum absolute atomic E-state index is 12.2. The van der Waals surface area contributed by atoms with Gasteiger partial charge in [0.15, 0.2) is 0 Å². The average molecular weight is 334 g/mol. The van der Waals surface area contributed by atoms with Gasteiger partial charge in [-0.1, -0.05) is 0 Å². The van der Waals surface area contributed by atoms with Gasteiger partial charge in [-0.05, 0) is 59.1 Å². The third-order valence-electron chi connectivity index (χ3n) is 5.04. The molecule has 134 valence electrons. The first-order chi connectivity index (χ1) is 11.3. The third-order valence-corrected chi connectivity index (χ3v) is 5.04. The predicted molar refractivity (Wildman–Crippen MR) is 93.3 cm³/mol. The first-order valence-corrected chi connectivity index (χ1v) is 9.08. The molecule has 2 saturated heterocycles. The van der Waals surface area contributed by atoms with Crippen molar-refractivity contribution in [3.05, 3.63) is 17.5 Å². The van der Waals surface area contributed by atoms with Gasteiger partial charge in [0.05, 0.1) is 12.2 Å². The van der Waals surface area contributed by atoms with E-state index in [-0.39, 0.29) is 6.09 Å². The Morgan fingerprint density at radius 3 is 2.58 bits per heavy atom. The smallest absolute Gasteiger partial charge is 0.410 e. The summed E-state index contributed by atoms with van der Waals surface area (Å²) in [5.74, 6) is 0.598. The Balaban J connectivity index is 1.60. The van der Waals surface area contributed by atoms with Crippen LogP contribution >= 0.6 is 0 Å². The highest BCUT2D eigenvalue weighted by atomic mass is 16.6. The van der Waals surface area contributed by atoms with Gasteiger partial charge in [-0.2, -0.15) is 5.10 Å². The summed E-state index contributed by atoms with van der Waals surface area (Å²) in [7, 11) is 0. The Labute approximate surface area is 144 Å². The van der Waals surface area contributed by atoms with Crippen LogP contribution < -0.4 is 5.32 Å². The molecular formula is C18H30N4O2. The lowest BCUT2D eigenvalue weighted by molar-refractivity contribution is 0.0184. The van der Waals surface area contributed by atoms with Crippen molar-refractivity contribution in [2.75, 3.05) is 26.2 Å². The average Bonchev–Trinajstić information content (AvgIpc) is 3.15. The molecule has 1 unspecified atom stereocenters. The Morgan fingerprint density at radius 2 is 2.00 bits per heavy atom. The fourth-order valence-electron chi connectivity index (χ4n) is 3.75. The van der Waals surface area contributed by atoms with Crippen molar-refractivity contribution in [3.8, 4) is 0 Å². The Hall–Kier alpha value is -1.56. The molecular weight excluding hydrogens is 304 g/mol. The van der Waals surface area contributed by atoms with Crippen molar-refractivity contribution < 1.29 is 9.53 Å². The largest absolute Gasteiger partial charge is 0.444 e. The summed E-state index contributed by atoms with van der Waals surface area (Å²) in [6.07, 6.45) is 4.92. The summed E-state index contributed by atoms with van der Waals surface area (Å²) in [5, 5.41) is 8.10. The number of aromatic nitrogens is 2. The Bertz CT molecular complexity index is 576. The van der Waals surface area contributed by atoms with Gasteiger partial charge < -0.3 is 15.0 Å². The number of amides is 1. The van der Waals surface area contributed by atoms with Crippen molar-refractivity contribution in [1.29, 1.82) is 0 Å². The maximum atomic E-state index is 12.2. The van der Waals surface area contributed by atoms with E-state index in [1.165, 1.54) is 17.7 Å². The number of carbonyl (C=O) groups is 1. The number of nitrogens with one attached hydrogen (secondary N) is 1. The molecule has 1 aromatic heterocycles. The molecule has 1 aromatic rings. The number of carbonyl (C=O) groups excluding carboxylic acids is 1. The van der Waals surface area contributed by atoms with Crippen molar-refractivity contribution in [3.63, 3.8) is 0 Å². The Kier molecular flexibility index (Phi) is 4.85. The third kappa shape index (κ3) is 3.74. The van der Waals surface area contributed by atoms with E-state index < -0.39 is 5.60 Å². The molecule has 0 bridgehead atoms. The fraction of sp³-hybridized carbons (Fsp3) is 0.778. The van der Waals surface area contributed by atoms with Gasteiger partial charge in [0.2, 0.25) is 0 Å². The molecule has 1 N–H and O–H groups in total. The zero-order valence-corrected chi connectivity index (χ0v) is 15.3. The minimum Gasteiger partial charge on any atom is -0.444 e. The minimum absolute atomic E-state index is 0.198. The van der Waals surface area contributed by atoms with E-state index in [4.69, 9.17) is 4.74 Å². The molecule has 0 radical (unpaired) electrons. The van der Waals surface area contributed by atoms with Crippen LogP contribution in [0.3, 0.4) is 0 Å². The van der Waals surface area contributed by atoms with Crippen molar-refractivity contribution >= 4 is 6.09 Å². The van der Waals surface area contributed by atoms with Crippen molar-refractivity contribution in [2.24, 2.45) is 0 Å². The Morgan fingerprint density at radius 1 is 1.29 bits per heavy atom. The number of hydrogen-bond acceptors (Lipinski definition) is 4. The van der Waals surface area contributed by atoms with Crippen LogP contribution in [0.1, 0.15) is 63.3 Å². The number of likely N-dealkylation sites (tertiary alicyclic amines) is 1. The molecule has 0 spiro atoms. The van der Waals surface area contributed by atoms with Crippen molar-refractivity contribution in [1.82, 2.24) is 20.0 Å². The molecule has 2 aliphatic rings. The number of hydrogen-bond donors (Lipinski definition) is 1. The van der Waals surface area contributed by atoms with Crippen molar-refractivity contribution in [2.45, 2.75) is 64.5 Å². The molecule has 0 aliphatic carbocycles. The zero-order chi connectivity index (χ0) is 17.3. The van der Waals surface area contributed by atoms with Gasteiger partial charge in [0.25, 0.3) is 0 Å². The molecule has 1 amide bonds. The summed E-state index contributed by atoms with van der Waals surface area (Å²) < 4.78 is 7.65. The number of nitrogens with zero attached hydrogens (tertiary/aromatic N) is 3. The maximum Gasteiger partial charge on any atom is 0.410 e. The van der Waals surface area contributed by atoms with E-state index in [9.17, 15) is 4.79 Å². The lowest BCUT2D eigenvalue weighted by atomic mass is 9.99. The van der Waals surface area contributed by atoms with E-state index in [1.807, 2.05) is 31.9 Å². The van der Waals surface area contributed by atoms with Crippen LogP contribution in [0.5, 0.6) is 0 Å². The van der Waals surface area contributed by atoms with Crippen LogP contribution in [0.15, 0.2) is 6.20 Å². The molecule has 2 fully saturated rings. The lowest BCUT2D eigenvalue weighted by Crippen LogP contribution is -2.42. The summed E-state index contributed by atoms with van der Waals surface area (Å²) in [6, 6.07) is 0.381. The molecule has 6 heteroatoms. The van der Waals surface area contributed by atoms with Gasteiger partial charge in [0.1, 0.15) is 5.60 Å². The van der Waals surface area contributed by atoms with E-state index >= 15 is 0 Å². The number of ether oxygens (including phenoxy) is 1. The fourth-order valence-corrected chi connectivity index (χ4v) is 3.75. The van der Waals surface area contributed by atoms with E-state index in [2.05, 4.69) is 22.0 Å². The highest BCUT2D eigenvalue weighted by molar-refractivity contribution is 5.68. The minimum atomic E-state index is -0.434. The molecule has 0 saturated carbocycles. The summed E-state index contributed by atoms with van der Waals surface area (Å²) in [4.78, 5) is 14.0. The van der Waals surface area contributed by atoms with Crippen LogP contribution in [0, 0.1) is 6.92 Å². The van der Waals surface area contributed by atoms with Crippen LogP contribution in [-0.2, 0) is 4.74 Å². The standard InChI is InChI=1S/C18H30N4O2/c1-13-16(14-5-8-19-11-14)12-20-22(13)15-6-9-21(10-7-15)17(23)24-18(2,3)4/h12,14-15,19H,5-11H2,1-4H3. The molecule has 24 heavy (non-hydrogen) atoms. The van der Waals surface area contributed by atoms with Crippen LogP contribution in [0.25, 0.3) is 0 Å². The van der Waals surface area contributed by atoms with Gasteiger partial charge in [-0.15, -0.1) is 0 Å². The number of rotatable bonds is 2. The second-order valence-corrected chi connectivity index (χ2v) is 8.02. The molecule has 2 aliphatic heterocycles. The normalized spacial score (nSPS) is 22.8. The van der Waals surface area contributed by atoms with Gasteiger partial charge >= 0.3 is 6.09 Å². The summed E-state index contributed by atoms with van der Waals surface area (Å²) in [5.41, 5.74) is 2.24. The highest BCUT2D eigenvalue weighted by Crippen LogP contribution is 2.30. The van der Waals surface area contributed by atoms with Gasteiger partial charge in [0, 0.05) is 31.2 Å². The first-order valence-electron chi connectivity index (χ1n) is 9.08. The summed E-state index contributed by atoms with van der Waals surface area (Å²) >= 11 is 0. The second-order valence-electron chi connectivity index (χ2n) is 8.02. The van der Waals surface area contributed by atoms with E-state index in [0.29, 0.717) is 12.0 Å². The molecule has 3 heterocycles. The van der Waals surface area contributed by atoms with Crippen LogP contribution in [0.2, 0.25) is 0 Å². The number of piperidine rings is 1.